The third kappa shape index (κ3) is 3.61. The first-order valence-corrected chi connectivity index (χ1v) is 9.65. The molecule has 1 aromatic carbocycles. The van der Waals surface area contributed by atoms with Crippen LogP contribution < -0.4 is 10.8 Å². The predicted molar refractivity (Wildman–Crippen MR) is 92.6 cm³/mol. The number of benzene rings is 1. The highest BCUT2D eigenvalue weighted by Crippen LogP contribution is 2.47. The van der Waals surface area contributed by atoms with Crippen molar-refractivity contribution in [3.8, 4) is 0 Å². The van der Waals surface area contributed by atoms with Crippen LogP contribution in [0.15, 0.2) is 18.2 Å². The van der Waals surface area contributed by atoms with Crippen LogP contribution in [0.1, 0.15) is 41.5 Å². The Kier molecular flexibility index (Phi) is 5.63. The summed E-state index contributed by atoms with van der Waals surface area (Å²) >= 11 is 0. The molecule has 0 aliphatic carbocycles. The molecule has 1 aliphatic heterocycles. The van der Waals surface area contributed by atoms with E-state index >= 15 is 0 Å². The van der Waals surface area contributed by atoms with Gasteiger partial charge in [-0.3, -0.25) is 4.57 Å². The number of hydrogen-bond acceptors (Lipinski definition) is 5. The number of halogens is 1. The van der Waals surface area contributed by atoms with Gasteiger partial charge in [0.15, 0.2) is 0 Å². The molecular formula is C16H25BFO5P. The molecule has 0 atom stereocenters. The molecule has 1 heterocycles. The van der Waals surface area contributed by atoms with Gasteiger partial charge in [0.2, 0.25) is 0 Å². The quantitative estimate of drug-likeness (QED) is 0.578. The second-order valence-corrected chi connectivity index (χ2v) is 8.63. The van der Waals surface area contributed by atoms with Crippen LogP contribution in [0.3, 0.4) is 0 Å². The van der Waals surface area contributed by atoms with Crippen molar-refractivity contribution in [1.82, 2.24) is 0 Å². The Morgan fingerprint density at radius 3 is 2.04 bits per heavy atom. The second kappa shape index (κ2) is 6.89. The van der Waals surface area contributed by atoms with Crippen LogP contribution in [0, 0.1) is 5.82 Å². The molecule has 0 aromatic heterocycles. The van der Waals surface area contributed by atoms with Gasteiger partial charge in [0.05, 0.1) is 29.7 Å². The predicted octanol–water partition coefficient (Wildman–Crippen LogP) is 3.02. The van der Waals surface area contributed by atoms with Crippen molar-refractivity contribution in [2.24, 2.45) is 0 Å². The van der Waals surface area contributed by atoms with Crippen LogP contribution in [0.4, 0.5) is 4.39 Å². The summed E-state index contributed by atoms with van der Waals surface area (Å²) in [7, 11) is -4.40. The van der Waals surface area contributed by atoms with Crippen molar-refractivity contribution in [1.29, 1.82) is 0 Å². The summed E-state index contributed by atoms with van der Waals surface area (Å²) < 4.78 is 49.6. The first-order chi connectivity index (χ1) is 11.1. The fourth-order valence-corrected chi connectivity index (χ4v) is 4.06. The Morgan fingerprint density at radius 1 is 1.08 bits per heavy atom. The van der Waals surface area contributed by atoms with E-state index in [2.05, 4.69) is 0 Å². The molecule has 0 bridgehead atoms. The van der Waals surface area contributed by atoms with E-state index in [-0.39, 0.29) is 18.5 Å². The van der Waals surface area contributed by atoms with Gasteiger partial charge < -0.3 is 18.4 Å². The standard InChI is InChI=1S/C16H25BFO5P/c1-7-20-24(19,21-8-2)14-11-12(9-10-13(14)18)17-22-15(3,4)16(5,6)23-17/h9-11H,7-8H2,1-6H3. The molecule has 1 aliphatic rings. The highest BCUT2D eigenvalue weighted by Gasteiger charge is 2.52. The maximum absolute atomic E-state index is 14.3. The Morgan fingerprint density at radius 2 is 1.58 bits per heavy atom. The molecule has 24 heavy (non-hydrogen) atoms. The topological polar surface area (TPSA) is 54.0 Å². The molecule has 2 rings (SSSR count). The zero-order valence-corrected chi connectivity index (χ0v) is 16.0. The van der Waals surface area contributed by atoms with Crippen molar-refractivity contribution < 1.29 is 27.3 Å². The van der Waals surface area contributed by atoms with Crippen LogP contribution in [-0.2, 0) is 22.9 Å². The summed E-state index contributed by atoms with van der Waals surface area (Å²) in [5.41, 5.74) is -0.462. The molecule has 8 heteroatoms. The molecule has 5 nitrogen and oxygen atoms in total. The molecule has 0 saturated carbocycles. The van der Waals surface area contributed by atoms with Gasteiger partial charge >= 0.3 is 14.7 Å². The summed E-state index contributed by atoms with van der Waals surface area (Å²) in [5, 5.41) is -0.0987. The first kappa shape index (κ1) is 19.6. The lowest BCUT2D eigenvalue weighted by Gasteiger charge is -2.32. The largest absolute Gasteiger partial charge is 0.494 e. The van der Waals surface area contributed by atoms with E-state index in [4.69, 9.17) is 18.4 Å². The number of hydrogen-bond donors (Lipinski definition) is 0. The van der Waals surface area contributed by atoms with Gasteiger partial charge in [0, 0.05) is 0 Å². The minimum absolute atomic E-state index is 0.0987. The van der Waals surface area contributed by atoms with E-state index in [1.54, 1.807) is 19.9 Å². The van der Waals surface area contributed by atoms with Crippen LogP contribution in [0.5, 0.6) is 0 Å². The lowest BCUT2D eigenvalue weighted by molar-refractivity contribution is 0.00578. The lowest BCUT2D eigenvalue weighted by Crippen LogP contribution is -2.41. The Labute approximate surface area is 143 Å². The molecule has 134 valence electrons. The zero-order chi connectivity index (χ0) is 18.2. The Balaban J connectivity index is 2.41. The molecule has 0 spiro atoms. The highest BCUT2D eigenvalue weighted by molar-refractivity contribution is 7.62. The second-order valence-electron chi connectivity index (χ2n) is 6.63. The van der Waals surface area contributed by atoms with Crippen LogP contribution in [-0.4, -0.2) is 31.5 Å². The monoisotopic (exact) mass is 358 g/mol. The molecule has 0 amide bonds. The van der Waals surface area contributed by atoms with E-state index in [1.165, 1.54) is 12.1 Å². The van der Waals surface area contributed by atoms with Crippen LogP contribution in [0.25, 0.3) is 0 Å². The van der Waals surface area contributed by atoms with Crippen molar-refractivity contribution in [2.75, 3.05) is 13.2 Å². The van der Waals surface area contributed by atoms with E-state index in [0.29, 0.717) is 5.46 Å². The number of rotatable bonds is 6. The molecule has 0 unspecified atom stereocenters. The van der Waals surface area contributed by atoms with Gasteiger partial charge in [-0.1, -0.05) is 6.07 Å². The molecule has 1 fully saturated rings. The van der Waals surface area contributed by atoms with Gasteiger partial charge in [-0.25, -0.2) is 4.39 Å². The minimum atomic E-state index is -3.73. The third-order valence-corrected chi connectivity index (χ3v) is 6.52. The fraction of sp³-hybridized carbons (Fsp3) is 0.625. The van der Waals surface area contributed by atoms with Crippen LogP contribution in [0.2, 0.25) is 0 Å². The van der Waals surface area contributed by atoms with Crippen LogP contribution >= 0.6 is 7.60 Å². The Hall–Kier alpha value is -0.715. The molecule has 1 aromatic rings. The maximum Gasteiger partial charge on any atom is 0.494 e. The van der Waals surface area contributed by atoms with Gasteiger partial charge in [-0.05, 0) is 59.1 Å². The summed E-state index contributed by atoms with van der Waals surface area (Å²) in [6.07, 6.45) is 0. The van der Waals surface area contributed by atoms with E-state index in [1.807, 2.05) is 27.7 Å². The summed E-state index contributed by atoms with van der Waals surface area (Å²) in [6, 6.07) is 4.24. The van der Waals surface area contributed by atoms with Gasteiger partial charge in [0.25, 0.3) is 0 Å². The van der Waals surface area contributed by atoms with Gasteiger partial charge in [0.1, 0.15) is 5.82 Å². The minimum Gasteiger partial charge on any atom is -0.399 e. The maximum atomic E-state index is 14.3. The molecule has 0 N–H and O–H groups in total. The normalized spacial score (nSPS) is 19.7. The van der Waals surface area contributed by atoms with Crippen molar-refractivity contribution in [2.45, 2.75) is 52.7 Å². The van der Waals surface area contributed by atoms with Crippen molar-refractivity contribution >= 4 is 25.5 Å². The Bertz CT molecular complexity index is 623. The molecule has 1 saturated heterocycles. The summed E-state index contributed by atoms with van der Waals surface area (Å²) in [4.78, 5) is 0. The smallest absolute Gasteiger partial charge is 0.399 e. The zero-order valence-electron chi connectivity index (χ0n) is 15.1. The fourth-order valence-electron chi connectivity index (χ4n) is 2.38. The average Bonchev–Trinajstić information content (AvgIpc) is 2.68. The van der Waals surface area contributed by atoms with Crippen molar-refractivity contribution in [3.63, 3.8) is 0 Å². The van der Waals surface area contributed by atoms with E-state index < -0.39 is 31.7 Å². The average molecular weight is 358 g/mol. The summed E-state index contributed by atoms with van der Waals surface area (Å²) in [6.45, 7) is 11.4. The first-order valence-electron chi connectivity index (χ1n) is 8.11. The lowest BCUT2D eigenvalue weighted by atomic mass is 9.79. The van der Waals surface area contributed by atoms with Gasteiger partial charge in [-0.2, -0.15) is 0 Å². The van der Waals surface area contributed by atoms with E-state index in [0.717, 1.165) is 0 Å². The molecule has 0 radical (unpaired) electrons. The molecular weight excluding hydrogens is 333 g/mol. The van der Waals surface area contributed by atoms with Gasteiger partial charge in [-0.15, -0.1) is 0 Å². The summed E-state index contributed by atoms with van der Waals surface area (Å²) in [5.74, 6) is -0.638. The van der Waals surface area contributed by atoms with Crippen molar-refractivity contribution in [3.05, 3.63) is 24.0 Å². The highest BCUT2D eigenvalue weighted by atomic mass is 31.2. The van der Waals surface area contributed by atoms with E-state index in [9.17, 15) is 8.96 Å². The SMILES string of the molecule is CCOP(=O)(OCC)c1cc(B2OC(C)(C)C(C)(C)O2)ccc1F. The third-order valence-electron chi connectivity index (χ3n) is 4.39.